The highest BCUT2D eigenvalue weighted by Crippen LogP contribution is 2.27. The summed E-state index contributed by atoms with van der Waals surface area (Å²) in [6, 6.07) is 17.0. The maximum atomic E-state index is 12.1. The Morgan fingerprint density at radius 2 is 1.82 bits per heavy atom. The van der Waals surface area contributed by atoms with Crippen LogP contribution >= 0.6 is 0 Å². The molecule has 1 aliphatic rings. The molecule has 138 valence electrons. The molecule has 3 aromatic rings. The number of hydrogen-bond acceptors (Lipinski definition) is 6. The number of non-ortho nitro benzene ring substituents is 1. The lowest BCUT2D eigenvalue weighted by molar-refractivity contribution is -0.384. The quantitative estimate of drug-likeness (QED) is 0.290. The molecule has 0 N–H and O–H groups in total. The number of carbonyl (C=O) groups is 1. The molecule has 1 aromatic heterocycles. The predicted octanol–water partition coefficient (Wildman–Crippen LogP) is 4.51. The molecule has 2 heterocycles. The Morgan fingerprint density at radius 1 is 1.04 bits per heavy atom. The molecule has 0 unspecified atom stereocenters. The maximum absolute atomic E-state index is 12.1. The van der Waals surface area contributed by atoms with Crippen LogP contribution in [0, 0.1) is 17.0 Å². The second kappa shape index (κ2) is 6.96. The number of nitro benzene ring substituents is 1. The van der Waals surface area contributed by atoms with Gasteiger partial charge in [0.15, 0.2) is 5.70 Å². The van der Waals surface area contributed by atoms with E-state index in [0.717, 1.165) is 5.56 Å². The maximum Gasteiger partial charge on any atom is 0.363 e. The minimum absolute atomic E-state index is 0.0272. The van der Waals surface area contributed by atoms with E-state index in [9.17, 15) is 14.9 Å². The number of ether oxygens (including phenoxy) is 1. The van der Waals surface area contributed by atoms with Gasteiger partial charge in [0.2, 0.25) is 5.90 Å². The number of furan rings is 1. The fourth-order valence-corrected chi connectivity index (χ4v) is 2.80. The highest BCUT2D eigenvalue weighted by molar-refractivity contribution is 6.12. The lowest BCUT2D eigenvalue weighted by Gasteiger charge is -1.99. The summed E-state index contributed by atoms with van der Waals surface area (Å²) in [7, 11) is 0. The van der Waals surface area contributed by atoms with E-state index in [0.29, 0.717) is 22.6 Å². The molecule has 0 saturated carbocycles. The molecule has 0 aliphatic carbocycles. The second-order valence-corrected chi connectivity index (χ2v) is 6.21. The number of benzene rings is 2. The molecule has 7 nitrogen and oxygen atoms in total. The van der Waals surface area contributed by atoms with E-state index in [2.05, 4.69) is 4.99 Å². The predicted molar refractivity (Wildman–Crippen MR) is 103 cm³/mol. The highest BCUT2D eigenvalue weighted by atomic mass is 16.6. The number of hydrogen-bond donors (Lipinski definition) is 0. The Hall–Kier alpha value is -4.00. The Bertz CT molecular complexity index is 1160. The molecule has 0 spiro atoms. The van der Waals surface area contributed by atoms with E-state index in [1.54, 1.807) is 24.3 Å². The summed E-state index contributed by atoms with van der Waals surface area (Å²) in [5.74, 6) is 0.516. The van der Waals surface area contributed by atoms with Gasteiger partial charge in [-0.2, -0.15) is 0 Å². The lowest BCUT2D eigenvalue weighted by Crippen LogP contribution is -2.05. The van der Waals surface area contributed by atoms with E-state index >= 15 is 0 Å². The molecule has 28 heavy (non-hydrogen) atoms. The number of carbonyl (C=O) groups excluding carboxylic acids is 1. The van der Waals surface area contributed by atoms with Crippen molar-refractivity contribution in [2.75, 3.05) is 0 Å². The summed E-state index contributed by atoms with van der Waals surface area (Å²) < 4.78 is 10.9. The summed E-state index contributed by atoms with van der Waals surface area (Å²) >= 11 is 0. The first-order chi connectivity index (χ1) is 13.5. The van der Waals surface area contributed by atoms with Crippen molar-refractivity contribution in [3.63, 3.8) is 0 Å². The van der Waals surface area contributed by atoms with Crippen LogP contribution in [0.5, 0.6) is 0 Å². The van der Waals surface area contributed by atoms with Crippen LogP contribution in [0.2, 0.25) is 0 Å². The molecular weight excluding hydrogens is 360 g/mol. The van der Waals surface area contributed by atoms with Gasteiger partial charge in [-0.3, -0.25) is 10.1 Å². The third kappa shape index (κ3) is 3.45. The fourth-order valence-electron chi connectivity index (χ4n) is 2.80. The number of aliphatic imine (C=N–C) groups is 1. The molecule has 0 fully saturated rings. The monoisotopic (exact) mass is 374 g/mol. The van der Waals surface area contributed by atoms with Gasteiger partial charge in [0, 0.05) is 29.3 Å². The molecule has 2 aromatic carbocycles. The van der Waals surface area contributed by atoms with Crippen molar-refractivity contribution in [3.05, 3.63) is 93.4 Å². The van der Waals surface area contributed by atoms with Crippen molar-refractivity contribution in [2.24, 2.45) is 4.99 Å². The smallest absolute Gasteiger partial charge is 0.363 e. The number of nitrogens with zero attached hydrogens (tertiary/aromatic N) is 2. The Labute approximate surface area is 159 Å². The van der Waals surface area contributed by atoms with Crippen molar-refractivity contribution >= 4 is 23.6 Å². The van der Waals surface area contributed by atoms with Crippen LogP contribution in [0.15, 0.2) is 75.8 Å². The van der Waals surface area contributed by atoms with Crippen molar-refractivity contribution in [2.45, 2.75) is 6.92 Å². The molecule has 0 radical (unpaired) electrons. The summed E-state index contributed by atoms with van der Waals surface area (Å²) in [4.78, 5) is 26.8. The molecule has 1 aliphatic heterocycles. The molecule has 0 amide bonds. The SMILES string of the molecule is Cc1cccc(C2=N/C(=C\c3ccc(-c4cccc([N+](=O)[O-])c4)o3)C(=O)O2)c1. The van der Waals surface area contributed by atoms with Crippen LogP contribution in [0.25, 0.3) is 17.4 Å². The number of cyclic esters (lactones) is 1. The van der Waals surface area contributed by atoms with E-state index in [-0.39, 0.29) is 17.3 Å². The molecule has 0 bridgehead atoms. The average Bonchev–Trinajstić information content (AvgIpc) is 3.29. The van der Waals surface area contributed by atoms with Gasteiger partial charge in [-0.05, 0) is 31.2 Å². The highest BCUT2D eigenvalue weighted by Gasteiger charge is 2.24. The zero-order valence-corrected chi connectivity index (χ0v) is 14.8. The first-order valence-electron chi connectivity index (χ1n) is 8.44. The van der Waals surface area contributed by atoms with E-state index in [1.807, 2.05) is 31.2 Å². The molecule has 7 heteroatoms. The fraction of sp³-hybridized carbons (Fsp3) is 0.0476. The van der Waals surface area contributed by atoms with Crippen LogP contribution in [-0.4, -0.2) is 16.8 Å². The zero-order valence-electron chi connectivity index (χ0n) is 14.8. The first kappa shape index (κ1) is 17.4. The van der Waals surface area contributed by atoms with Crippen molar-refractivity contribution < 1.29 is 18.9 Å². The summed E-state index contributed by atoms with van der Waals surface area (Å²) in [6.07, 6.45) is 1.48. The van der Waals surface area contributed by atoms with E-state index in [4.69, 9.17) is 9.15 Å². The minimum Gasteiger partial charge on any atom is -0.457 e. The van der Waals surface area contributed by atoms with Crippen molar-refractivity contribution in [1.29, 1.82) is 0 Å². The van der Waals surface area contributed by atoms with Crippen LogP contribution in [0.4, 0.5) is 5.69 Å². The van der Waals surface area contributed by atoms with Gasteiger partial charge in [-0.25, -0.2) is 9.79 Å². The first-order valence-corrected chi connectivity index (χ1v) is 8.44. The van der Waals surface area contributed by atoms with Crippen LogP contribution < -0.4 is 0 Å². The normalized spacial score (nSPS) is 14.8. The topological polar surface area (TPSA) is 94.9 Å². The number of aryl methyl sites for hydroxylation is 1. The summed E-state index contributed by atoms with van der Waals surface area (Å²) in [6.45, 7) is 1.94. The molecule has 4 rings (SSSR count). The third-order valence-electron chi connectivity index (χ3n) is 4.13. The average molecular weight is 374 g/mol. The second-order valence-electron chi connectivity index (χ2n) is 6.21. The van der Waals surface area contributed by atoms with Crippen LogP contribution in [0.1, 0.15) is 16.9 Å². The number of esters is 1. The Kier molecular flexibility index (Phi) is 4.33. The van der Waals surface area contributed by atoms with Gasteiger partial charge in [0.05, 0.1) is 4.92 Å². The van der Waals surface area contributed by atoms with Crippen molar-refractivity contribution in [1.82, 2.24) is 0 Å². The number of rotatable bonds is 4. The van der Waals surface area contributed by atoms with Crippen LogP contribution in [0.3, 0.4) is 0 Å². The van der Waals surface area contributed by atoms with Gasteiger partial charge in [-0.1, -0.05) is 29.8 Å². The van der Waals surface area contributed by atoms with Gasteiger partial charge < -0.3 is 9.15 Å². The van der Waals surface area contributed by atoms with E-state index in [1.165, 1.54) is 18.2 Å². The van der Waals surface area contributed by atoms with Gasteiger partial charge in [0.25, 0.3) is 5.69 Å². The zero-order chi connectivity index (χ0) is 19.7. The van der Waals surface area contributed by atoms with Gasteiger partial charge >= 0.3 is 5.97 Å². The molecular formula is C21H14N2O5. The van der Waals surface area contributed by atoms with Gasteiger partial charge in [0.1, 0.15) is 11.5 Å². The Balaban J connectivity index is 1.62. The largest absolute Gasteiger partial charge is 0.457 e. The molecule has 0 atom stereocenters. The summed E-state index contributed by atoms with van der Waals surface area (Å²) in [5.41, 5.74) is 2.41. The van der Waals surface area contributed by atoms with Gasteiger partial charge in [-0.15, -0.1) is 0 Å². The third-order valence-corrected chi connectivity index (χ3v) is 4.13. The van der Waals surface area contributed by atoms with Crippen molar-refractivity contribution in [3.8, 4) is 11.3 Å². The van der Waals surface area contributed by atoms with E-state index < -0.39 is 10.9 Å². The minimum atomic E-state index is -0.565. The number of nitro groups is 1. The Morgan fingerprint density at radius 3 is 2.61 bits per heavy atom. The summed E-state index contributed by atoms with van der Waals surface area (Å²) in [5, 5.41) is 10.9. The van der Waals surface area contributed by atoms with Crippen LogP contribution in [-0.2, 0) is 9.53 Å². The lowest BCUT2D eigenvalue weighted by atomic mass is 10.1. The molecule has 0 saturated heterocycles. The standard InChI is InChI=1S/C21H14N2O5/c1-13-4-2-6-15(10-13)20-22-18(21(24)28-20)12-17-8-9-19(27-17)14-5-3-7-16(11-14)23(25)26/h2-12H,1H3/b18-12-.